The SMILES string of the molecule is C[S@](=O)c1ccccc1C1CCN(CC[C@H](CNC(=O)c2c(OS(C)(=O)=O)c(C#N)cc3ccccc23)c2ccc(Cl)c(Cl)c2)CC1. The molecule has 1 aliphatic heterocycles. The van der Waals surface area contributed by atoms with Crippen LogP contribution in [0.25, 0.3) is 10.8 Å². The molecule has 1 saturated heterocycles. The fraction of sp³-hybridized carbons (Fsp3) is 0.314. The Kier molecular flexibility index (Phi) is 11.3. The number of hydrogen-bond donors (Lipinski definition) is 1. The van der Waals surface area contributed by atoms with Gasteiger partial charge in [-0.15, -0.1) is 0 Å². The summed E-state index contributed by atoms with van der Waals surface area (Å²) >= 11 is 12.6. The minimum atomic E-state index is -4.05. The van der Waals surface area contributed by atoms with E-state index < -0.39 is 26.8 Å². The minimum absolute atomic E-state index is 0.0201. The number of piperidine rings is 1. The van der Waals surface area contributed by atoms with Crippen LogP contribution in [0.5, 0.6) is 5.75 Å². The van der Waals surface area contributed by atoms with Gasteiger partial charge < -0.3 is 14.4 Å². The van der Waals surface area contributed by atoms with Crippen molar-refractivity contribution in [2.45, 2.75) is 36.0 Å². The lowest BCUT2D eigenvalue weighted by Crippen LogP contribution is -2.36. The highest BCUT2D eigenvalue weighted by Gasteiger charge is 2.27. The van der Waals surface area contributed by atoms with Crippen molar-refractivity contribution in [3.8, 4) is 11.8 Å². The van der Waals surface area contributed by atoms with Gasteiger partial charge in [-0.05, 0) is 91.0 Å². The molecule has 0 spiro atoms. The maximum Gasteiger partial charge on any atom is 0.306 e. The zero-order valence-electron chi connectivity index (χ0n) is 26.0. The van der Waals surface area contributed by atoms with Crippen LogP contribution in [0.15, 0.2) is 77.7 Å². The zero-order valence-corrected chi connectivity index (χ0v) is 29.2. The molecule has 0 aliphatic carbocycles. The van der Waals surface area contributed by atoms with Crippen molar-refractivity contribution in [1.29, 1.82) is 5.26 Å². The molecule has 4 aromatic rings. The number of benzene rings is 4. The van der Waals surface area contributed by atoms with E-state index in [0.29, 0.717) is 33.2 Å². The Bertz CT molecular complexity index is 1970. The first-order chi connectivity index (χ1) is 22.4. The Morgan fingerprint density at radius 2 is 1.77 bits per heavy atom. The Morgan fingerprint density at radius 1 is 1.06 bits per heavy atom. The first-order valence-electron chi connectivity index (χ1n) is 15.2. The number of carbonyl (C=O) groups is 1. The Labute approximate surface area is 288 Å². The molecule has 4 aromatic carbocycles. The number of nitriles is 1. The van der Waals surface area contributed by atoms with Gasteiger partial charge in [0, 0.05) is 23.6 Å². The largest absolute Gasteiger partial charge is 0.380 e. The van der Waals surface area contributed by atoms with E-state index in [4.69, 9.17) is 27.4 Å². The van der Waals surface area contributed by atoms with Gasteiger partial charge in [0.2, 0.25) is 0 Å². The summed E-state index contributed by atoms with van der Waals surface area (Å²) in [5.41, 5.74) is 1.98. The molecule has 5 rings (SSSR count). The number of amides is 1. The fourth-order valence-electron chi connectivity index (χ4n) is 6.22. The van der Waals surface area contributed by atoms with Crippen LogP contribution in [0.3, 0.4) is 0 Å². The van der Waals surface area contributed by atoms with Crippen molar-refractivity contribution in [1.82, 2.24) is 10.2 Å². The lowest BCUT2D eigenvalue weighted by atomic mass is 9.88. The highest BCUT2D eigenvalue weighted by atomic mass is 35.5. The molecule has 2 atom stereocenters. The molecule has 1 heterocycles. The highest BCUT2D eigenvalue weighted by molar-refractivity contribution is 7.86. The van der Waals surface area contributed by atoms with Gasteiger partial charge in [0.25, 0.3) is 5.91 Å². The third kappa shape index (κ3) is 8.53. The molecule has 1 fully saturated rings. The first kappa shape index (κ1) is 34.9. The van der Waals surface area contributed by atoms with Crippen LogP contribution in [0.1, 0.15) is 58.1 Å². The van der Waals surface area contributed by atoms with E-state index in [9.17, 15) is 22.7 Å². The number of likely N-dealkylation sites (tertiary alicyclic amines) is 1. The van der Waals surface area contributed by atoms with Crippen molar-refractivity contribution < 1.29 is 21.6 Å². The predicted molar refractivity (Wildman–Crippen MR) is 187 cm³/mol. The van der Waals surface area contributed by atoms with E-state index in [1.54, 1.807) is 42.7 Å². The summed E-state index contributed by atoms with van der Waals surface area (Å²) < 4.78 is 41.9. The molecular weight excluding hydrogens is 677 g/mol. The van der Waals surface area contributed by atoms with Crippen LogP contribution >= 0.6 is 23.2 Å². The molecule has 0 radical (unpaired) electrons. The monoisotopic (exact) mass is 711 g/mol. The molecule has 8 nitrogen and oxygen atoms in total. The van der Waals surface area contributed by atoms with Gasteiger partial charge in [-0.25, -0.2) is 0 Å². The zero-order chi connectivity index (χ0) is 33.7. The number of carbonyl (C=O) groups excluding carboxylic acids is 1. The highest BCUT2D eigenvalue weighted by Crippen LogP contribution is 2.35. The summed E-state index contributed by atoms with van der Waals surface area (Å²) in [6, 6.07) is 23.8. The fourth-order valence-corrected chi connectivity index (χ4v) is 7.84. The van der Waals surface area contributed by atoms with Gasteiger partial charge in [-0.3, -0.25) is 9.00 Å². The second kappa shape index (κ2) is 15.2. The van der Waals surface area contributed by atoms with Crippen molar-refractivity contribution >= 4 is 60.8 Å². The third-order valence-corrected chi connectivity index (χ3v) is 10.8. The smallest absolute Gasteiger partial charge is 0.306 e. The average Bonchev–Trinajstić information content (AvgIpc) is 3.05. The maximum atomic E-state index is 13.9. The third-order valence-electron chi connectivity index (χ3n) is 8.56. The summed E-state index contributed by atoms with van der Waals surface area (Å²) in [5.74, 6) is -0.665. The molecule has 1 N–H and O–H groups in total. The van der Waals surface area contributed by atoms with Gasteiger partial charge in [-0.1, -0.05) is 71.7 Å². The topological polar surface area (TPSA) is 117 Å². The molecule has 0 aromatic heterocycles. The molecule has 246 valence electrons. The van der Waals surface area contributed by atoms with Crippen molar-refractivity contribution in [2.24, 2.45) is 0 Å². The van der Waals surface area contributed by atoms with Gasteiger partial charge in [-0.2, -0.15) is 13.7 Å². The number of rotatable bonds is 11. The van der Waals surface area contributed by atoms with E-state index in [1.165, 1.54) is 6.07 Å². The van der Waals surface area contributed by atoms with Gasteiger partial charge >= 0.3 is 10.1 Å². The standard InChI is InChI=1S/C35H35Cl2N3O5S2/c1-46(42)32-10-6-5-8-28(32)23-13-16-40(17-14-23)18-15-26(24-11-12-30(36)31(37)20-24)22-39-35(41)33-29-9-4-3-7-25(29)19-27(21-38)34(33)45-47(2,43)44/h3-12,19-20,23,26H,13-18,22H2,1-2H3,(H,39,41)/t26-,46+/m1/s1. The number of nitrogens with one attached hydrogen (secondary N) is 1. The van der Waals surface area contributed by atoms with E-state index in [0.717, 1.165) is 54.8 Å². The predicted octanol–water partition coefficient (Wildman–Crippen LogP) is 6.88. The van der Waals surface area contributed by atoms with Crippen molar-refractivity contribution in [2.75, 3.05) is 38.7 Å². The van der Waals surface area contributed by atoms with Gasteiger partial charge in [0.1, 0.15) is 6.07 Å². The Balaban J connectivity index is 1.35. The van der Waals surface area contributed by atoms with E-state index in [-0.39, 0.29) is 29.3 Å². The summed E-state index contributed by atoms with van der Waals surface area (Å²) in [4.78, 5) is 17.2. The normalized spacial score (nSPS) is 15.6. The Hall–Kier alpha value is -3.46. The lowest BCUT2D eigenvalue weighted by Gasteiger charge is -2.33. The molecule has 1 amide bonds. The summed E-state index contributed by atoms with van der Waals surface area (Å²) in [6.07, 6.45) is 5.20. The second-order valence-electron chi connectivity index (χ2n) is 11.7. The number of fused-ring (bicyclic) bond motifs is 1. The molecular formula is C35H35Cl2N3O5S2. The quantitative estimate of drug-likeness (QED) is 0.169. The summed E-state index contributed by atoms with van der Waals surface area (Å²) in [6.45, 7) is 2.75. The Morgan fingerprint density at radius 3 is 2.45 bits per heavy atom. The minimum Gasteiger partial charge on any atom is -0.380 e. The number of nitrogens with zero attached hydrogens (tertiary/aromatic N) is 2. The van der Waals surface area contributed by atoms with Crippen LogP contribution < -0.4 is 9.50 Å². The number of halogens is 2. The molecule has 47 heavy (non-hydrogen) atoms. The molecule has 0 bridgehead atoms. The summed E-state index contributed by atoms with van der Waals surface area (Å²) in [5, 5.41) is 14.7. The van der Waals surface area contributed by atoms with Crippen LogP contribution in [-0.2, 0) is 20.9 Å². The molecule has 0 saturated carbocycles. The van der Waals surface area contributed by atoms with Crippen LogP contribution in [0.4, 0.5) is 0 Å². The van der Waals surface area contributed by atoms with E-state index >= 15 is 0 Å². The van der Waals surface area contributed by atoms with Crippen LogP contribution in [0, 0.1) is 11.3 Å². The van der Waals surface area contributed by atoms with Gasteiger partial charge in [0.15, 0.2) is 5.75 Å². The summed E-state index contributed by atoms with van der Waals surface area (Å²) in [7, 11) is -5.09. The average molecular weight is 713 g/mol. The van der Waals surface area contributed by atoms with Crippen LogP contribution in [0.2, 0.25) is 10.0 Å². The van der Waals surface area contributed by atoms with Gasteiger partial charge in [0.05, 0.1) is 38.2 Å². The van der Waals surface area contributed by atoms with Crippen LogP contribution in [-0.4, -0.2) is 62.1 Å². The molecule has 1 aliphatic rings. The second-order valence-corrected chi connectivity index (χ2v) is 15.5. The lowest BCUT2D eigenvalue weighted by molar-refractivity contribution is 0.0949. The number of hydrogen-bond acceptors (Lipinski definition) is 7. The molecule has 12 heteroatoms. The van der Waals surface area contributed by atoms with Crippen molar-refractivity contribution in [3.63, 3.8) is 0 Å². The maximum absolute atomic E-state index is 13.9. The van der Waals surface area contributed by atoms with E-state index in [1.807, 2.05) is 30.3 Å². The van der Waals surface area contributed by atoms with Crippen molar-refractivity contribution in [3.05, 3.63) is 105 Å². The first-order valence-corrected chi connectivity index (χ1v) is 19.3. The molecule has 0 unspecified atom stereocenters. The van der Waals surface area contributed by atoms with E-state index in [2.05, 4.69) is 16.3 Å².